The number of amides is 2. The Kier molecular flexibility index (Phi) is 4.38. The van der Waals surface area contributed by atoms with Crippen LogP contribution in [0.2, 0.25) is 0 Å². The average Bonchev–Trinajstić information content (AvgIpc) is 2.99. The molecule has 1 aliphatic heterocycles. The number of rotatable bonds is 3. The molecular formula is C18H16N2O5. The van der Waals surface area contributed by atoms with Gasteiger partial charge in [0.05, 0.1) is 18.5 Å². The van der Waals surface area contributed by atoms with Crippen LogP contribution in [0, 0.1) is 6.92 Å². The van der Waals surface area contributed by atoms with Crippen molar-refractivity contribution < 1.29 is 23.5 Å². The largest absolute Gasteiger partial charge is 0.465 e. The molecule has 1 aromatic carbocycles. The third kappa shape index (κ3) is 3.30. The van der Waals surface area contributed by atoms with E-state index in [2.05, 4.69) is 10.1 Å². The highest BCUT2D eigenvalue weighted by Crippen LogP contribution is 2.29. The number of hydrogen-bond donors (Lipinski definition) is 1. The van der Waals surface area contributed by atoms with E-state index in [1.165, 1.54) is 30.2 Å². The minimum atomic E-state index is -0.506. The van der Waals surface area contributed by atoms with Crippen molar-refractivity contribution in [1.82, 2.24) is 0 Å². The first-order valence-electron chi connectivity index (χ1n) is 7.57. The summed E-state index contributed by atoms with van der Waals surface area (Å²) in [7, 11) is 1.28. The lowest BCUT2D eigenvalue weighted by Gasteiger charge is -2.28. The summed E-state index contributed by atoms with van der Waals surface area (Å²) in [6.45, 7) is 1.57. The molecule has 2 aromatic rings. The molecule has 3 rings (SSSR count). The van der Waals surface area contributed by atoms with Crippen LogP contribution >= 0.6 is 0 Å². The van der Waals surface area contributed by atoms with Gasteiger partial charge in [0.25, 0.3) is 5.91 Å². The molecule has 0 fully saturated rings. The smallest absolute Gasteiger partial charge is 0.341 e. The number of nitrogens with zero attached hydrogens (tertiary/aromatic N) is 1. The van der Waals surface area contributed by atoms with Gasteiger partial charge in [-0.3, -0.25) is 14.5 Å². The van der Waals surface area contributed by atoms with E-state index in [0.29, 0.717) is 28.5 Å². The fourth-order valence-corrected chi connectivity index (χ4v) is 2.57. The van der Waals surface area contributed by atoms with Crippen LogP contribution in [0.3, 0.4) is 0 Å². The Morgan fingerprint density at radius 1 is 1.32 bits per heavy atom. The van der Waals surface area contributed by atoms with E-state index < -0.39 is 5.97 Å². The van der Waals surface area contributed by atoms with Crippen molar-refractivity contribution in [2.75, 3.05) is 23.9 Å². The van der Waals surface area contributed by atoms with Gasteiger partial charge in [-0.2, -0.15) is 0 Å². The first-order chi connectivity index (χ1) is 12.0. The summed E-state index contributed by atoms with van der Waals surface area (Å²) in [4.78, 5) is 37.2. The number of carbonyl (C=O) groups excluding carboxylic acids is 3. The number of benzene rings is 1. The summed E-state index contributed by atoms with van der Waals surface area (Å²) < 4.78 is 10.1. The van der Waals surface area contributed by atoms with Gasteiger partial charge in [-0.25, -0.2) is 4.79 Å². The van der Waals surface area contributed by atoms with Crippen LogP contribution < -0.4 is 10.2 Å². The molecule has 128 valence electrons. The predicted octanol–water partition coefficient (Wildman–Crippen LogP) is 2.37. The second-order valence-corrected chi connectivity index (χ2v) is 5.43. The molecule has 1 N–H and O–H groups in total. The zero-order chi connectivity index (χ0) is 18.0. The topological polar surface area (TPSA) is 88.9 Å². The number of ether oxygens (including phenoxy) is 1. The molecule has 7 heteroatoms. The van der Waals surface area contributed by atoms with E-state index in [-0.39, 0.29) is 18.4 Å². The molecule has 0 spiro atoms. The maximum absolute atomic E-state index is 12.5. The Morgan fingerprint density at radius 3 is 2.84 bits per heavy atom. The van der Waals surface area contributed by atoms with Crippen molar-refractivity contribution in [3.63, 3.8) is 0 Å². The van der Waals surface area contributed by atoms with Crippen LogP contribution in [0.4, 0.5) is 11.4 Å². The van der Waals surface area contributed by atoms with Crippen molar-refractivity contribution in [1.29, 1.82) is 0 Å². The number of esters is 1. The third-order valence-corrected chi connectivity index (χ3v) is 3.77. The number of furan rings is 1. The number of anilines is 2. The molecule has 1 aliphatic rings. The number of hydrogen-bond acceptors (Lipinski definition) is 5. The van der Waals surface area contributed by atoms with E-state index in [0.717, 1.165) is 0 Å². The van der Waals surface area contributed by atoms with E-state index in [9.17, 15) is 14.4 Å². The Bertz CT molecular complexity index is 881. The molecule has 25 heavy (non-hydrogen) atoms. The number of para-hydroxylation sites is 2. The zero-order valence-electron chi connectivity index (χ0n) is 13.7. The summed E-state index contributed by atoms with van der Waals surface area (Å²) in [5, 5.41) is 2.72. The summed E-state index contributed by atoms with van der Waals surface area (Å²) >= 11 is 0. The van der Waals surface area contributed by atoms with E-state index in [1.54, 1.807) is 31.2 Å². The van der Waals surface area contributed by atoms with Crippen LogP contribution in [0.25, 0.3) is 6.08 Å². The molecule has 0 radical (unpaired) electrons. The molecule has 0 saturated carbocycles. The van der Waals surface area contributed by atoms with Crippen LogP contribution in [0.5, 0.6) is 0 Å². The number of carbonyl (C=O) groups is 3. The molecule has 0 unspecified atom stereocenters. The Morgan fingerprint density at radius 2 is 2.08 bits per heavy atom. The van der Waals surface area contributed by atoms with Crippen molar-refractivity contribution in [3.8, 4) is 0 Å². The van der Waals surface area contributed by atoms with Crippen molar-refractivity contribution in [3.05, 3.63) is 53.5 Å². The first-order valence-corrected chi connectivity index (χ1v) is 7.57. The molecule has 2 heterocycles. The van der Waals surface area contributed by atoms with Crippen molar-refractivity contribution in [2.24, 2.45) is 0 Å². The SMILES string of the molecule is COC(=O)c1cc(/C=C/C(=O)N2CC(=O)Nc3ccccc32)oc1C. The minimum Gasteiger partial charge on any atom is -0.465 e. The lowest BCUT2D eigenvalue weighted by atomic mass is 10.2. The molecule has 7 nitrogen and oxygen atoms in total. The minimum absolute atomic E-state index is 0.0647. The van der Waals surface area contributed by atoms with Gasteiger partial charge in [-0.15, -0.1) is 0 Å². The second-order valence-electron chi connectivity index (χ2n) is 5.43. The zero-order valence-corrected chi connectivity index (χ0v) is 13.7. The van der Waals surface area contributed by atoms with E-state index in [4.69, 9.17) is 4.42 Å². The highest BCUT2D eigenvalue weighted by molar-refractivity contribution is 6.13. The molecular weight excluding hydrogens is 324 g/mol. The number of nitrogens with one attached hydrogen (secondary N) is 1. The van der Waals surface area contributed by atoms with Crippen LogP contribution in [0.15, 0.2) is 40.8 Å². The summed E-state index contributed by atoms with van der Waals surface area (Å²) in [6.07, 6.45) is 2.76. The van der Waals surface area contributed by atoms with Crippen LogP contribution in [-0.2, 0) is 14.3 Å². The van der Waals surface area contributed by atoms with Gasteiger partial charge in [0.1, 0.15) is 23.6 Å². The summed E-state index contributed by atoms with van der Waals surface area (Å²) in [6, 6.07) is 8.56. The summed E-state index contributed by atoms with van der Waals surface area (Å²) in [5.74, 6) is -0.380. The van der Waals surface area contributed by atoms with E-state index in [1.807, 2.05) is 0 Å². The van der Waals surface area contributed by atoms with Gasteiger partial charge in [0, 0.05) is 6.08 Å². The Balaban J connectivity index is 1.82. The predicted molar refractivity (Wildman–Crippen MR) is 91.2 cm³/mol. The van der Waals surface area contributed by atoms with Crippen molar-refractivity contribution in [2.45, 2.75) is 6.92 Å². The number of aryl methyl sites for hydroxylation is 1. The van der Waals surface area contributed by atoms with Gasteiger partial charge in [-0.05, 0) is 31.2 Å². The first kappa shape index (κ1) is 16.5. The fourth-order valence-electron chi connectivity index (χ4n) is 2.57. The maximum atomic E-state index is 12.5. The number of fused-ring (bicyclic) bond motifs is 1. The van der Waals surface area contributed by atoms with Crippen molar-refractivity contribution >= 4 is 35.2 Å². The maximum Gasteiger partial charge on any atom is 0.341 e. The standard InChI is InChI=1S/C18H16N2O5/c1-11-13(18(23)24-2)9-12(25-11)7-8-17(22)20-10-16(21)19-14-5-3-4-6-15(14)20/h3-9H,10H2,1-2H3,(H,19,21)/b8-7+. The monoisotopic (exact) mass is 340 g/mol. The quantitative estimate of drug-likeness (QED) is 0.684. The van der Waals surface area contributed by atoms with Gasteiger partial charge >= 0.3 is 5.97 Å². The Hall–Kier alpha value is -3.35. The molecule has 1 aromatic heterocycles. The van der Waals surface area contributed by atoms with Gasteiger partial charge in [-0.1, -0.05) is 12.1 Å². The van der Waals surface area contributed by atoms with E-state index >= 15 is 0 Å². The third-order valence-electron chi connectivity index (χ3n) is 3.77. The Labute approximate surface area is 143 Å². The normalized spacial score (nSPS) is 13.5. The lowest BCUT2D eigenvalue weighted by Crippen LogP contribution is -2.41. The van der Waals surface area contributed by atoms with Gasteiger partial charge in [0.2, 0.25) is 5.91 Å². The molecule has 0 bridgehead atoms. The van der Waals surface area contributed by atoms with Gasteiger partial charge in [0.15, 0.2) is 0 Å². The average molecular weight is 340 g/mol. The fraction of sp³-hybridized carbons (Fsp3) is 0.167. The molecule has 0 atom stereocenters. The molecule has 0 aliphatic carbocycles. The van der Waals surface area contributed by atoms with Crippen LogP contribution in [0.1, 0.15) is 21.9 Å². The highest BCUT2D eigenvalue weighted by Gasteiger charge is 2.25. The highest BCUT2D eigenvalue weighted by atomic mass is 16.5. The number of methoxy groups -OCH3 is 1. The molecule has 0 saturated heterocycles. The second kappa shape index (κ2) is 6.64. The van der Waals surface area contributed by atoms with Crippen LogP contribution in [-0.4, -0.2) is 31.4 Å². The molecule has 2 amide bonds. The summed E-state index contributed by atoms with van der Waals surface area (Å²) in [5.41, 5.74) is 1.52. The lowest BCUT2D eigenvalue weighted by molar-refractivity contribution is -0.119. The van der Waals surface area contributed by atoms with Gasteiger partial charge < -0.3 is 14.5 Å².